The summed E-state index contributed by atoms with van der Waals surface area (Å²) in [5, 5.41) is 16.7. The van der Waals surface area contributed by atoms with Crippen LogP contribution in [0.5, 0.6) is 0 Å². The van der Waals surface area contributed by atoms with Gasteiger partial charge in [-0.25, -0.2) is 4.98 Å². The van der Waals surface area contributed by atoms with Crippen molar-refractivity contribution in [3.05, 3.63) is 58.9 Å². The molecule has 27 heavy (non-hydrogen) atoms. The maximum Gasteiger partial charge on any atom is 0.236 e. The average Bonchev–Trinajstić information content (AvgIpc) is 3.41. The van der Waals surface area contributed by atoms with Gasteiger partial charge in [-0.3, -0.25) is 9.36 Å². The number of nitrogens with one attached hydrogen (secondary N) is 1. The van der Waals surface area contributed by atoms with Gasteiger partial charge in [0.1, 0.15) is 0 Å². The van der Waals surface area contributed by atoms with Gasteiger partial charge < -0.3 is 5.32 Å². The molecule has 0 spiro atoms. The van der Waals surface area contributed by atoms with Gasteiger partial charge in [-0.1, -0.05) is 36.0 Å². The first-order valence-electron chi connectivity index (χ1n) is 8.10. The highest BCUT2D eigenvalue weighted by atomic mass is 32.2. The number of carbonyl (C=O) groups excluding carboxylic acids is 1. The second kappa shape index (κ2) is 8.03. The van der Waals surface area contributed by atoms with Gasteiger partial charge in [0.25, 0.3) is 0 Å². The molecule has 4 aromatic rings. The van der Waals surface area contributed by atoms with Crippen molar-refractivity contribution in [1.29, 1.82) is 0 Å². The molecule has 6 nitrogen and oxygen atoms in total. The minimum Gasteiger partial charge on any atom is -0.301 e. The van der Waals surface area contributed by atoms with Crippen LogP contribution in [0.1, 0.15) is 5.69 Å². The van der Waals surface area contributed by atoms with Crippen molar-refractivity contribution in [2.45, 2.75) is 12.1 Å². The lowest BCUT2D eigenvalue weighted by Crippen LogP contribution is -2.14. The number of carbonyl (C=O) groups is 1. The molecule has 1 amide bonds. The van der Waals surface area contributed by atoms with Crippen LogP contribution in [0.15, 0.2) is 58.4 Å². The Bertz CT molecular complexity index is 1040. The topological polar surface area (TPSA) is 72.7 Å². The number of thiophene rings is 1. The van der Waals surface area contributed by atoms with E-state index in [1.807, 2.05) is 64.7 Å². The predicted octanol–water partition coefficient (Wildman–Crippen LogP) is 4.49. The van der Waals surface area contributed by atoms with Crippen molar-refractivity contribution >= 4 is 45.5 Å². The number of rotatable bonds is 6. The quantitative estimate of drug-likeness (QED) is 0.472. The van der Waals surface area contributed by atoms with Gasteiger partial charge >= 0.3 is 0 Å². The Morgan fingerprint density at radius 2 is 2.00 bits per heavy atom. The molecule has 0 aliphatic rings. The van der Waals surface area contributed by atoms with Gasteiger partial charge in [-0.05, 0) is 30.5 Å². The van der Waals surface area contributed by atoms with E-state index in [4.69, 9.17) is 0 Å². The number of thioether (sulfide) groups is 1. The Hall–Kier alpha value is -2.49. The van der Waals surface area contributed by atoms with Gasteiger partial charge in [0.15, 0.2) is 16.1 Å². The zero-order valence-corrected chi connectivity index (χ0v) is 16.8. The van der Waals surface area contributed by atoms with E-state index in [1.54, 1.807) is 11.3 Å². The number of aromatic nitrogens is 4. The first-order valence-corrected chi connectivity index (χ1v) is 10.8. The molecule has 1 aromatic carbocycles. The highest BCUT2D eigenvalue weighted by Gasteiger charge is 2.18. The average molecular weight is 414 g/mol. The second-order valence-electron chi connectivity index (χ2n) is 5.59. The standard InChI is InChI=1S/C18H15N5OS3/c1-12-10-26-17(19-12)20-15(24)11-27-18-22-21-16(14-8-5-9-25-14)23(18)13-6-3-2-4-7-13/h2-10H,11H2,1H3,(H,19,20,24). The molecule has 136 valence electrons. The van der Waals surface area contributed by atoms with E-state index in [2.05, 4.69) is 20.5 Å². The fourth-order valence-corrected chi connectivity index (χ4v) is 4.59. The van der Waals surface area contributed by atoms with Crippen LogP contribution < -0.4 is 5.32 Å². The Kier molecular flexibility index (Phi) is 5.33. The maximum atomic E-state index is 12.3. The minimum atomic E-state index is -0.116. The molecule has 0 fully saturated rings. The lowest BCUT2D eigenvalue weighted by atomic mass is 10.3. The van der Waals surface area contributed by atoms with Crippen molar-refractivity contribution in [1.82, 2.24) is 19.7 Å². The van der Waals surface area contributed by atoms with E-state index < -0.39 is 0 Å². The number of hydrogen-bond donors (Lipinski definition) is 1. The maximum absolute atomic E-state index is 12.3. The SMILES string of the molecule is Cc1csc(NC(=O)CSc2nnc(-c3cccs3)n2-c2ccccc2)n1. The zero-order valence-electron chi connectivity index (χ0n) is 14.3. The van der Waals surface area contributed by atoms with Crippen molar-refractivity contribution in [2.75, 3.05) is 11.1 Å². The highest BCUT2D eigenvalue weighted by Crippen LogP contribution is 2.30. The summed E-state index contributed by atoms with van der Waals surface area (Å²) in [7, 11) is 0. The Morgan fingerprint density at radius 3 is 2.70 bits per heavy atom. The molecule has 9 heteroatoms. The van der Waals surface area contributed by atoms with Gasteiger partial charge in [0.05, 0.1) is 16.3 Å². The van der Waals surface area contributed by atoms with Crippen molar-refractivity contribution < 1.29 is 4.79 Å². The smallest absolute Gasteiger partial charge is 0.236 e. The van der Waals surface area contributed by atoms with Gasteiger partial charge in [-0.15, -0.1) is 32.9 Å². The summed E-state index contributed by atoms with van der Waals surface area (Å²) in [5.41, 5.74) is 1.86. The number of thiazole rings is 1. The van der Waals surface area contributed by atoms with Crippen LogP contribution in [0.3, 0.4) is 0 Å². The molecule has 0 saturated carbocycles. The number of nitrogens with zero attached hydrogens (tertiary/aromatic N) is 4. The molecule has 3 aromatic heterocycles. The van der Waals surface area contributed by atoms with Crippen LogP contribution in [0.2, 0.25) is 0 Å². The summed E-state index contributed by atoms with van der Waals surface area (Å²) < 4.78 is 1.98. The van der Waals surface area contributed by atoms with E-state index in [-0.39, 0.29) is 11.7 Å². The predicted molar refractivity (Wildman–Crippen MR) is 111 cm³/mol. The Morgan fingerprint density at radius 1 is 1.15 bits per heavy atom. The summed E-state index contributed by atoms with van der Waals surface area (Å²) in [6.07, 6.45) is 0. The fraction of sp³-hybridized carbons (Fsp3) is 0.111. The molecule has 3 heterocycles. The van der Waals surface area contributed by atoms with E-state index in [1.165, 1.54) is 23.1 Å². The molecule has 0 saturated heterocycles. The van der Waals surface area contributed by atoms with Crippen molar-refractivity contribution in [3.63, 3.8) is 0 Å². The van der Waals surface area contributed by atoms with Gasteiger partial charge in [-0.2, -0.15) is 0 Å². The zero-order chi connectivity index (χ0) is 18.6. The number of aryl methyl sites for hydroxylation is 1. The van der Waals surface area contributed by atoms with Crippen LogP contribution in [-0.4, -0.2) is 31.4 Å². The summed E-state index contributed by atoms with van der Waals surface area (Å²) >= 11 is 4.38. The monoisotopic (exact) mass is 413 g/mol. The van der Waals surface area contributed by atoms with E-state index >= 15 is 0 Å². The lowest BCUT2D eigenvalue weighted by molar-refractivity contribution is -0.113. The third kappa shape index (κ3) is 4.10. The molecule has 1 N–H and O–H groups in total. The molecule has 0 bridgehead atoms. The van der Waals surface area contributed by atoms with Crippen LogP contribution in [-0.2, 0) is 4.79 Å². The summed E-state index contributed by atoms with van der Waals surface area (Å²) in [5.74, 6) is 0.887. The normalized spacial score (nSPS) is 10.9. The Labute approximate surface area is 168 Å². The summed E-state index contributed by atoms with van der Waals surface area (Å²) in [4.78, 5) is 17.5. The van der Waals surface area contributed by atoms with Crippen molar-refractivity contribution in [3.8, 4) is 16.4 Å². The van der Waals surface area contributed by atoms with Gasteiger partial charge in [0.2, 0.25) is 5.91 Å². The summed E-state index contributed by atoms with van der Waals surface area (Å²) in [6, 6.07) is 13.9. The number of hydrogen-bond acceptors (Lipinski definition) is 7. The Balaban J connectivity index is 1.56. The molecule has 0 aliphatic heterocycles. The van der Waals surface area contributed by atoms with Crippen LogP contribution >= 0.6 is 34.4 Å². The van der Waals surface area contributed by atoms with Crippen LogP contribution in [0, 0.1) is 6.92 Å². The molecular weight excluding hydrogens is 398 g/mol. The third-order valence-electron chi connectivity index (χ3n) is 3.59. The fourth-order valence-electron chi connectivity index (χ4n) is 2.44. The minimum absolute atomic E-state index is 0.116. The molecule has 4 rings (SSSR count). The molecule has 0 unspecified atom stereocenters. The van der Waals surface area contributed by atoms with Gasteiger partial charge in [0, 0.05) is 11.1 Å². The van der Waals surface area contributed by atoms with Crippen LogP contribution in [0.4, 0.5) is 5.13 Å². The first-order chi connectivity index (χ1) is 13.2. The first kappa shape index (κ1) is 17.9. The number of amides is 1. The van der Waals surface area contributed by atoms with Crippen molar-refractivity contribution in [2.24, 2.45) is 0 Å². The third-order valence-corrected chi connectivity index (χ3v) is 6.26. The number of para-hydroxylation sites is 1. The number of anilines is 1. The highest BCUT2D eigenvalue weighted by molar-refractivity contribution is 7.99. The largest absolute Gasteiger partial charge is 0.301 e. The molecule has 0 atom stereocenters. The lowest BCUT2D eigenvalue weighted by Gasteiger charge is -2.09. The molecular formula is C18H15N5OS3. The second-order valence-corrected chi connectivity index (χ2v) is 8.33. The van der Waals surface area contributed by atoms with Crippen LogP contribution in [0.25, 0.3) is 16.4 Å². The summed E-state index contributed by atoms with van der Waals surface area (Å²) in [6.45, 7) is 1.90. The number of benzene rings is 1. The van der Waals surface area contributed by atoms with E-state index in [0.717, 1.165) is 22.1 Å². The molecule has 0 aliphatic carbocycles. The molecule has 0 radical (unpaired) electrons. The van der Waals surface area contributed by atoms with E-state index in [0.29, 0.717) is 10.3 Å². The van der Waals surface area contributed by atoms with E-state index in [9.17, 15) is 4.79 Å².